The largest absolute Gasteiger partial charge is 0.389 e. The summed E-state index contributed by atoms with van der Waals surface area (Å²) in [5.74, 6) is 0.790. The van der Waals surface area contributed by atoms with Crippen LogP contribution in [0.4, 0.5) is 0 Å². The van der Waals surface area contributed by atoms with Gasteiger partial charge in [0.2, 0.25) is 0 Å². The Balaban J connectivity index is 1.29. The minimum absolute atomic E-state index is 0.279. The Hall–Kier alpha value is -0.900. The van der Waals surface area contributed by atoms with E-state index < -0.39 is 6.10 Å². The zero-order chi connectivity index (χ0) is 17.7. The number of aliphatic hydroxyl groups excluding tert-OH is 1. The van der Waals surface area contributed by atoms with E-state index in [9.17, 15) is 5.11 Å². The zero-order valence-corrected chi connectivity index (χ0v) is 16.0. The van der Waals surface area contributed by atoms with Crippen molar-refractivity contribution in [2.24, 2.45) is 16.7 Å². The lowest BCUT2D eigenvalue weighted by atomic mass is 9.70. The molecule has 138 valence electrons. The van der Waals surface area contributed by atoms with Gasteiger partial charge in [-0.15, -0.1) is 0 Å². The molecule has 1 aromatic rings. The number of hydrogen-bond donors (Lipinski definition) is 1. The van der Waals surface area contributed by atoms with Gasteiger partial charge in [0, 0.05) is 19.6 Å². The minimum Gasteiger partial charge on any atom is -0.389 e. The van der Waals surface area contributed by atoms with Gasteiger partial charge in [0.15, 0.2) is 0 Å². The van der Waals surface area contributed by atoms with E-state index in [2.05, 4.69) is 49.9 Å². The highest BCUT2D eigenvalue weighted by molar-refractivity contribution is 5.29. The molecule has 2 saturated carbocycles. The van der Waals surface area contributed by atoms with Crippen molar-refractivity contribution in [2.75, 3.05) is 19.7 Å². The molecule has 0 amide bonds. The van der Waals surface area contributed by atoms with Gasteiger partial charge in [-0.05, 0) is 53.6 Å². The highest BCUT2D eigenvalue weighted by atomic mass is 16.5. The molecular formula is C22H33NO2. The normalized spacial score (nSPS) is 34.9. The lowest BCUT2D eigenvalue weighted by molar-refractivity contribution is -0.0798. The van der Waals surface area contributed by atoms with Gasteiger partial charge in [0.05, 0.1) is 18.8 Å². The van der Waals surface area contributed by atoms with Crippen LogP contribution in [0, 0.1) is 16.7 Å². The Bertz CT molecular complexity index is 628. The third kappa shape index (κ3) is 2.94. The molecule has 0 saturated heterocycles. The number of nitrogens with zero attached hydrogens (tertiary/aromatic N) is 1. The molecule has 3 heteroatoms. The van der Waals surface area contributed by atoms with E-state index in [1.807, 2.05) is 0 Å². The molecule has 1 heterocycles. The number of benzene rings is 1. The summed E-state index contributed by atoms with van der Waals surface area (Å²) in [6, 6.07) is 8.67. The van der Waals surface area contributed by atoms with Crippen molar-refractivity contribution < 1.29 is 9.84 Å². The fourth-order valence-electron chi connectivity index (χ4n) is 5.67. The summed E-state index contributed by atoms with van der Waals surface area (Å²) < 4.78 is 6.27. The molecule has 3 aliphatic rings. The first-order valence-electron chi connectivity index (χ1n) is 9.99. The third-order valence-electron chi connectivity index (χ3n) is 7.88. The van der Waals surface area contributed by atoms with E-state index in [4.69, 9.17) is 4.74 Å². The molecule has 0 unspecified atom stereocenters. The predicted molar refractivity (Wildman–Crippen MR) is 100 cm³/mol. The Labute approximate surface area is 152 Å². The van der Waals surface area contributed by atoms with E-state index >= 15 is 0 Å². The quantitative estimate of drug-likeness (QED) is 0.886. The summed E-state index contributed by atoms with van der Waals surface area (Å²) in [6.45, 7) is 10.4. The Kier molecular flexibility index (Phi) is 4.46. The van der Waals surface area contributed by atoms with Crippen LogP contribution in [0.15, 0.2) is 24.3 Å². The summed E-state index contributed by atoms with van der Waals surface area (Å²) in [4.78, 5) is 2.36. The van der Waals surface area contributed by atoms with Crippen LogP contribution in [0.25, 0.3) is 0 Å². The summed E-state index contributed by atoms with van der Waals surface area (Å²) in [7, 11) is 0. The van der Waals surface area contributed by atoms with Crippen molar-refractivity contribution in [1.82, 2.24) is 4.90 Å². The molecule has 1 N–H and O–H groups in total. The predicted octanol–water partition coefficient (Wildman–Crippen LogP) is 3.64. The van der Waals surface area contributed by atoms with Crippen LogP contribution in [-0.2, 0) is 17.7 Å². The number of rotatable bonds is 5. The van der Waals surface area contributed by atoms with Crippen molar-refractivity contribution in [1.29, 1.82) is 0 Å². The topological polar surface area (TPSA) is 32.7 Å². The first-order chi connectivity index (χ1) is 11.9. The van der Waals surface area contributed by atoms with Gasteiger partial charge in [-0.3, -0.25) is 4.90 Å². The van der Waals surface area contributed by atoms with Crippen LogP contribution < -0.4 is 0 Å². The van der Waals surface area contributed by atoms with Gasteiger partial charge < -0.3 is 9.84 Å². The number of fused-ring (bicyclic) bond motifs is 3. The maximum absolute atomic E-state index is 10.5. The van der Waals surface area contributed by atoms with Gasteiger partial charge in [-0.25, -0.2) is 0 Å². The number of aliphatic hydroxyl groups is 1. The molecular weight excluding hydrogens is 310 g/mol. The van der Waals surface area contributed by atoms with Crippen LogP contribution in [-0.4, -0.2) is 41.9 Å². The van der Waals surface area contributed by atoms with Crippen molar-refractivity contribution in [3.8, 4) is 0 Å². The van der Waals surface area contributed by atoms with Gasteiger partial charge in [-0.1, -0.05) is 45.0 Å². The van der Waals surface area contributed by atoms with E-state index in [-0.39, 0.29) is 5.41 Å². The minimum atomic E-state index is -0.392. The maximum Gasteiger partial charge on any atom is 0.0900 e. The van der Waals surface area contributed by atoms with Gasteiger partial charge in [0.25, 0.3) is 0 Å². The third-order valence-corrected chi connectivity index (χ3v) is 7.88. The van der Waals surface area contributed by atoms with E-state index in [0.29, 0.717) is 24.7 Å². The monoisotopic (exact) mass is 343 g/mol. The molecule has 4 rings (SSSR count). The lowest BCUT2D eigenvalue weighted by Crippen LogP contribution is -2.41. The SMILES string of the molecule is CC1(C)[C@H]2CC[C@]1(C)[C@H](OC[C@H](O)CN1CCc3ccccc3C1)C2. The highest BCUT2D eigenvalue weighted by Crippen LogP contribution is 2.66. The molecule has 4 atom stereocenters. The molecule has 2 fully saturated rings. The first kappa shape index (κ1) is 17.5. The maximum atomic E-state index is 10.5. The standard InChI is InChI=1S/C22H33NO2/c1-21(2)18-8-10-22(21,3)20(12-18)25-15-19(24)14-23-11-9-16-6-4-5-7-17(16)13-23/h4-7,18-20,24H,8-15H2,1-3H3/t18-,19+,20+,22+/m0/s1. The van der Waals surface area contributed by atoms with Crippen LogP contribution in [0.5, 0.6) is 0 Å². The second kappa shape index (κ2) is 6.37. The number of hydrogen-bond acceptors (Lipinski definition) is 3. The number of ether oxygens (including phenoxy) is 1. The van der Waals surface area contributed by atoms with Gasteiger partial charge in [0.1, 0.15) is 0 Å². The molecule has 0 spiro atoms. The molecule has 1 aromatic carbocycles. The highest BCUT2D eigenvalue weighted by Gasteiger charge is 2.61. The van der Waals surface area contributed by atoms with Gasteiger partial charge >= 0.3 is 0 Å². The average Bonchev–Trinajstić information content (AvgIpc) is 2.93. The van der Waals surface area contributed by atoms with Crippen LogP contribution in [0.3, 0.4) is 0 Å². The Morgan fingerprint density at radius 2 is 2.00 bits per heavy atom. The second-order valence-corrected chi connectivity index (χ2v) is 9.34. The Morgan fingerprint density at radius 3 is 2.68 bits per heavy atom. The molecule has 2 aliphatic carbocycles. The summed E-state index contributed by atoms with van der Waals surface area (Å²) >= 11 is 0. The van der Waals surface area contributed by atoms with E-state index in [1.54, 1.807) is 0 Å². The zero-order valence-electron chi connectivity index (χ0n) is 16.0. The summed E-state index contributed by atoms with van der Waals surface area (Å²) in [5.41, 5.74) is 3.52. The molecule has 1 aliphatic heterocycles. The molecule has 3 nitrogen and oxygen atoms in total. The fraction of sp³-hybridized carbons (Fsp3) is 0.727. The van der Waals surface area contributed by atoms with E-state index in [1.165, 1.54) is 30.4 Å². The Morgan fingerprint density at radius 1 is 1.24 bits per heavy atom. The van der Waals surface area contributed by atoms with Crippen molar-refractivity contribution in [2.45, 2.75) is 65.2 Å². The van der Waals surface area contributed by atoms with Crippen molar-refractivity contribution in [3.05, 3.63) is 35.4 Å². The first-order valence-corrected chi connectivity index (χ1v) is 9.99. The molecule has 2 bridgehead atoms. The van der Waals surface area contributed by atoms with Crippen LogP contribution in [0.1, 0.15) is 51.2 Å². The number of β-amino-alcohol motifs (C(OH)–C–C–N with tert-alkyl or cyclic N) is 1. The lowest BCUT2D eigenvalue weighted by Gasteiger charge is -2.39. The summed E-state index contributed by atoms with van der Waals surface area (Å²) in [5, 5.41) is 10.5. The van der Waals surface area contributed by atoms with E-state index in [0.717, 1.165) is 25.4 Å². The van der Waals surface area contributed by atoms with Crippen molar-refractivity contribution in [3.63, 3.8) is 0 Å². The molecule has 25 heavy (non-hydrogen) atoms. The molecule has 0 radical (unpaired) electrons. The van der Waals surface area contributed by atoms with Crippen molar-refractivity contribution >= 4 is 0 Å². The average molecular weight is 344 g/mol. The smallest absolute Gasteiger partial charge is 0.0900 e. The van der Waals surface area contributed by atoms with Crippen LogP contribution in [0.2, 0.25) is 0 Å². The fourth-order valence-corrected chi connectivity index (χ4v) is 5.67. The van der Waals surface area contributed by atoms with Crippen LogP contribution >= 0.6 is 0 Å². The summed E-state index contributed by atoms with van der Waals surface area (Å²) in [6.07, 6.45) is 4.80. The second-order valence-electron chi connectivity index (χ2n) is 9.34. The molecule has 0 aromatic heterocycles. The van der Waals surface area contributed by atoms with Gasteiger partial charge in [-0.2, -0.15) is 0 Å².